The maximum absolute atomic E-state index is 11.8. The van der Waals surface area contributed by atoms with Crippen LogP contribution in [0.2, 0.25) is 5.02 Å². The van der Waals surface area contributed by atoms with Gasteiger partial charge in [-0.25, -0.2) is 0 Å². The van der Waals surface area contributed by atoms with Crippen LogP contribution in [0.25, 0.3) is 0 Å². The first-order chi connectivity index (χ1) is 10.7. The third-order valence-corrected chi connectivity index (χ3v) is 3.58. The summed E-state index contributed by atoms with van der Waals surface area (Å²) >= 11 is 6.05. The number of amides is 1. The second kappa shape index (κ2) is 8.41. The molecule has 0 spiro atoms. The molecule has 0 saturated carbocycles. The van der Waals surface area contributed by atoms with E-state index in [0.29, 0.717) is 18.1 Å². The minimum absolute atomic E-state index is 0.0529. The summed E-state index contributed by atoms with van der Waals surface area (Å²) in [4.78, 5) is 11.8. The van der Waals surface area contributed by atoms with Gasteiger partial charge < -0.3 is 15.4 Å². The van der Waals surface area contributed by atoms with Crippen LogP contribution < -0.4 is 15.4 Å². The molecule has 0 unspecified atom stereocenters. The standard InChI is InChI=1S/C17H19ClN2O2/c1-22-15-8-6-13(7-9-15)10-20-17(21)12-19-11-14-4-2-3-5-16(14)18/h2-9,19H,10-12H2,1H3,(H,20,21). The summed E-state index contributed by atoms with van der Waals surface area (Å²) in [6.45, 7) is 1.31. The highest BCUT2D eigenvalue weighted by Crippen LogP contribution is 2.14. The molecular weight excluding hydrogens is 300 g/mol. The van der Waals surface area contributed by atoms with Crippen molar-refractivity contribution in [2.45, 2.75) is 13.1 Å². The highest BCUT2D eigenvalue weighted by Gasteiger charge is 2.03. The van der Waals surface area contributed by atoms with Gasteiger partial charge in [-0.3, -0.25) is 4.79 Å². The molecule has 2 rings (SSSR count). The highest BCUT2D eigenvalue weighted by atomic mass is 35.5. The minimum atomic E-state index is -0.0529. The van der Waals surface area contributed by atoms with Crippen LogP contribution in [0, 0.1) is 0 Å². The number of ether oxygens (including phenoxy) is 1. The lowest BCUT2D eigenvalue weighted by atomic mass is 10.2. The Hall–Kier alpha value is -2.04. The molecule has 0 aliphatic heterocycles. The Balaban J connectivity index is 1.70. The second-order valence-corrected chi connectivity index (χ2v) is 5.23. The van der Waals surface area contributed by atoms with Crippen molar-refractivity contribution in [1.29, 1.82) is 0 Å². The lowest BCUT2D eigenvalue weighted by Gasteiger charge is -2.08. The molecule has 2 N–H and O–H groups in total. The number of carbonyl (C=O) groups excluding carboxylic acids is 1. The number of nitrogens with one attached hydrogen (secondary N) is 2. The first-order valence-electron chi connectivity index (χ1n) is 7.03. The fourth-order valence-electron chi connectivity index (χ4n) is 1.96. The Kier molecular flexibility index (Phi) is 6.25. The summed E-state index contributed by atoms with van der Waals surface area (Å²) in [5.41, 5.74) is 2.01. The minimum Gasteiger partial charge on any atom is -0.497 e. The van der Waals surface area contributed by atoms with Crippen LogP contribution in [0.1, 0.15) is 11.1 Å². The number of hydrogen-bond acceptors (Lipinski definition) is 3. The molecule has 2 aromatic rings. The van der Waals surface area contributed by atoms with Gasteiger partial charge >= 0.3 is 0 Å². The topological polar surface area (TPSA) is 50.4 Å². The molecule has 22 heavy (non-hydrogen) atoms. The van der Waals surface area contributed by atoms with Crippen LogP contribution in [0.5, 0.6) is 5.75 Å². The van der Waals surface area contributed by atoms with Crippen molar-refractivity contribution in [2.75, 3.05) is 13.7 Å². The van der Waals surface area contributed by atoms with Gasteiger partial charge in [-0.1, -0.05) is 41.9 Å². The Bertz CT molecular complexity index is 614. The molecule has 5 heteroatoms. The van der Waals surface area contributed by atoms with Crippen LogP contribution in [0.4, 0.5) is 0 Å². The average Bonchev–Trinajstić information content (AvgIpc) is 2.55. The van der Waals surface area contributed by atoms with Crippen molar-refractivity contribution in [2.24, 2.45) is 0 Å². The van der Waals surface area contributed by atoms with Gasteiger partial charge in [0.25, 0.3) is 0 Å². The predicted molar refractivity (Wildman–Crippen MR) is 88.0 cm³/mol. The largest absolute Gasteiger partial charge is 0.497 e. The van der Waals surface area contributed by atoms with E-state index >= 15 is 0 Å². The summed E-state index contributed by atoms with van der Waals surface area (Å²) in [6, 6.07) is 15.2. The maximum Gasteiger partial charge on any atom is 0.234 e. The van der Waals surface area contributed by atoms with Crippen LogP contribution in [-0.2, 0) is 17.9 Å². The van der Waals surface area contributed by atoms with E-state index in [9.17, 15) is 4.79 Å². The summed E-state index contributed by atoms with van der Waals surface area (Å²) in [5, 5.41) is 6.64. The molecule has 0 fully saturated rings. The Labute approximate surface area is 135 Å². The molecule has 0 saturated heterocycles. The van der Waals surface area contributed by atoms with Gasteiger partial charge in [0.05, 0.1) is 13.7 Å². The number of halogens is 1. The molecule has 0 radical (unpaired) electrons. The molecule has 4 nitrogen and oxygen atoms in total. The number of carbonyl (C=O) groups is 1. The summed E-state index contributed by atoms with van der Waals surface area (Å²) in [6.07, 6.45) is 0. The van der Waals surface area contributed by atoms with Gasteiger partial charge in [-0.2, -0.15) is 0 Å². The summed E-state index contributed by atoms with van der Waals surface area (Å²) < 4.78 is 5.09. The molecule has 1 amide bonds. The fraction of sp³-hybridized carbons (Fsp3) is 0.235. The normalized spacial score (nSPS) is 10.3. The lowest BCUT2D eigenvalue weighted by Crippen LogP contribution is -2.33. The molecule has 0 bridgehead atoms. The molecule has 116 valence electrons. The van der Waals surface area contributed by atoms with Crippen molar-refractivity contribution in [3.8, 4) is 5.75 Å². The smallest absolute Gasteiger partial charge is 0.234 e. The monoisotopic (exact) mass is 318 g/mol. The first-order valence-corrected chi connectivity index (χ1v) is 7.40. The van der Waals surface area contributed by atoms with E-state index in [1.54, 1.807) is 7.11 Å². The summed E-state index contributed by atoms with van der Waals surface area (Å²) in [5.74, 6) is 0.749. The van der Waals surface area contributed by atoms with Gasteiger partial charge in [0.15, 0.2) is 0 Å². The Morgan fingerprint density at radius 1 is 1.09 bits per heavy atom. The van der Waals surface area contributed by atoms with E-state index in [2.05, 4.69) is 10.6 Å². The summed E-state index contributed by atoms with van der Waals surface area (Å²) in [7, 11) is 1.63. The van der Waals surface area contributed by atoms with Crippen molar-refractivity contribution >= 4 is 17.5 Å². The number of hydrogen-bond donors (Lipinski definition) is 2. The lowest BCUT2D eigenvalue weighted by molar-refractivity contribution is -0.120. The molecular formula is C17H19ClN2O2. The SMILES string of the molecule is COc1ccc(CNC(=O)CNCc2ccccc2Cl)cc1. The Morgan fingerprint density at radius 3 is 2.50 bits per heavy atom. The van der Waals surface area contributed by atoms with E-state index in [0.717, 1.165) is 16.9 Å². The second-order valence-electron chi connectivity index (χ2n) is 4.82. The molecule has 0 aliphatic rings. The van der Waals surface area contributed by atoms with Gasteiger partial charge in [0, 0.05) is 18.1 Å². The molecule has 0 atom stereocenters. The average molecular weight is 319 g/mol. The van der Waals surface area contributed by atoms with Crippen molar-refractivity contribution < 1.29 is 9.53 Å². The number of benzene rings is 2. The zero-order valence-electron chi connectivity index (χ0n) is 12.4. The van der Waals surface area contributed by atoms with Gasteiger partial charge in [0.1, 0.15) is 5.75 Å². The first kappa shape index (κ1) is 16.3. The quantitative estimate of drug-likeness (QED) is 0.825. The van der Waals surface area contributed by atoms with Gasteiger partial charge in [-0.05, 0) is 29.3 Å². The third kappa shape index (κ3) is 5.06. The van der Waals surface area contributed by atoms with E-state index in [1.165, 1.54) is 0 Å². The molecule has 2 aromatic carbocycles. The van der Waals surface area contributed by atoms with E-state index in [-0.39, 0.29) is 12.5 Å². The Morgan fingerprint density at radius 2 is 1.82 bits per heavy atom. The van der Waals surface area contributed by atoms with E-state index in [1.807, 2.05) is 48.5 Å². The molecule has 0 heterocycles. The number of rotatable bonds is 7. The predicted octanol–water partition coefficient (Wildman–Crippen LogP) is 2.75. The highest BCUT2D eigenvalue weighted by molar-refractivity contribution is 6.31. The van der Waals surface area contributed by atoms with Crippen molar-refractivity contribution in [1.82, 2.24) is 10.6 Å². The van der Waals surface area contributed by atoms with E-state index < -0.39 is 0 Å². The maximum atomic E-state index is 11.8. The zero-order chi connectivity index (χ0) is 15.8. The van der Waals surface area contributed by atoms with Crippen LogP contribution >= 0.6 is 11.6 Å². The van der Waals surface area contributed by atoms with Crippen LogP contribution in [0.15, 0.2) is 48.5 Å². The molecule has 0 aromatic heterocycles. The van der Waals surface area contributed by atoms with Gasteiger partial charge in [0.2, 0.25) is 5.91 Å². The van der Waals surface area contributed by atoms with Crippen LogP contribution in [-0.4, -0.2) is 19.6 Å². The van der Waals surface area contributed by atoms with E-state index in [4.69, 9.17) is 16.3 Å². The van der Waals surface area contributed by atoms with Crippen molar-refractivity contribution in [3.05, 3.63) is 64.7 Å². The van der Waals surface area contributed by atoms with Crippen LogP contribution in [0.3, 0.4) is 0 Å². The van der Waals surface area contributed by atoms with Gasteiger partial charge in [-0.15, -0.1) is 0 Å². The zero-order valence-corrected chi connectivity index (χ0v) is 13.2. The number of methoxy groups -OCH3 is 1. The third-order valence-electron chi connectivity index (χ3n) is 3.21. The molecule has 0 aliphatic carbocycles. The van der Waals surface area contributed by atoms with Crippen molar-refractivity contribution in [3.63, 3.8) is 0 Å². The fourth-order valence-corrected chi connectivity index (χ4v) is 2.16.